The van der Waals surface area contributed by atoms with Crippen molar-refractivity contribution in [3.8, 4) is 0 Å². The van der Waals surface area contributed by atoms with Crippen molar-refractivity contribution in [3.63, 3.8) is 0 Å². The number of ether oxygens (including phenoxy) is 1. The number of rotatable bonds is 8. The zero-order valence-electron chi connectivity index (χ0n) is 18.9. The number of hydrogen-bond donors (Lipinski definition) is 6. The van der Waals surface area contributed by atoms with Gasteiger partial charge in [-0.05, 0) is 23.6 Å². The Morgan fingerprint density at radius 2 is 1.61 bits per heavy atom. The first-order valence-electron chi connectivity index (χ1n) is 8.64. The van der Waals surface area contributed by atoms with Crippen molar-refractivity contribution in [2.45, 2.75) is 24.5 Å². The van der Waals surface area contributed by atoms with Crippen molar-refractivity contribution in [2.75, 3.05) is 6.61 Å². The number of nitrogens with zero attached hydrogens (tertiary/aromatic N) is 1. The predicted octanol–water partition coefficient (Wildman–Crippen LogP) is -0.150. The molecule has 1 aromatic carbocycles. The maximum atomic E-state index is 12.8. The summed E-state index contributed by atoms with van der Waals surface area (Å²) in [4.78, 5) is 54.4. The van der Waals surface area contributed by atoms with E-state index in [4.69, 9.17) is 21.2 Å². The van der Waals surface area contributed by atoms with Gasteiger partial charge in [-0.2, -0.15) is 0 Å². The van der Waals surface area contributed by atoms with Gasteiger partial charge in [-0.15, -0.1) is 0 Å². The molecule has 0 bridgehead atoms. The van der Waals surface area contributed by atoms with Gasteiger partial charge in [0.15, 0.2) is 6.23 Å². The number of pyridine rings is 1. The average molecular weight is 603 g/mol. The first kappa shape index (κ1) is 34.9. The number of aliphatic hydroxyl groups is 2. The number of phosphoric acid groups is 3. The molecule has 0 spiro atoms. The van der Waals surface area contributed by atoms with E-state index in [1.54, 1.807) is 12.1 Å². The Morgan fingerprint density at radius 1 is 1.00 bits per heavy atom. The summed E-state index contributed by atoms with van der Waals surface area (Å²) in [5.41, 5.74) is -0.652. The largest absolute Gasteiger partial charge is 0.756 e. The maximum absolute atomic E-state index is 12.8. The molecular weight excluding hydrogens is 577 g/mol. The number of aromatic nitrogens is 1. The van der Waals surface area contributed by atoms with E-state index in [1.807, 2.05) is 0 Å². The minimum absolute atomic E-state index is 0. The molecule has 0 amide bonds. The van der Waals surface area contributed by atoms with Crippen LogP contribution in [0, 0.1) is 0 Å². The zero-order valence-corrected chi connectivity index (χ0v) is 22.3. The number of halogens is 1. The topological polar surface area (TPSA) is 350 Å². The van der Waals surface area contributed by atoms with Gasteiger partial charge in [0.1, 0.15) is 18.3 Å². The molecule has 1 aliphatic rings. The summed E-state index contributed by atoms with van der Waals surface area (Å²) in [6.07, 6.45) is -5.38. The van der Waals surface area contributed by atoms with E-state index in [9.17, 15) is 43.4 Å². The van der Waals surface area contributed by atoms with E-state index in [1.165, 1.54) is 18.3 Å². The number of benzene rings is 1. The van der Waals surface area contributed by atoms with Crippen molar-refractivity contribution in [1.82, 2.24) is 23.0 Å². The Balaban J connectivity index is 0.00000408. The first-order chi connectivity index (χ1) is 15.1. The molecule has 2 aromatic rings. The van der Waals surface area contributed by atoms with Crippen LogP contribution in [0.4, 0.5) is 0 Å². The van der Waals surface area contributed by atoms with Gasteiger partial charge in [-0.25, -0.2) is 8.62 Å². The fraction of sp³-hybridized carbons (Fsp3) is 0.357. The van der Waals surface area contributed by atoms with Gasteiger partial charge >= 0.3 is 0 Å². The second-order valence-electron chi connectivity index (χ2n) is 6.63. The minimum Gasteiger partial charge on any atom is -0.756 e. The van der Waals surface area contributed by atoms with Gasteiger partial charge < -0.3 is 57.5 Å². The summed E-state index contributed by atoms with van der Waals surface area (Å²) in [7, 11) is -17.8. The van der Waals surface area contributed by atoms with Crippen LogP contribution in [0.1, 0.15) is 6.23 Å². The molecule has 0 saturated carbocycles. The Kier molecular flexibility index (Phi) is 12.2. The standard InChI is InChI=1S/C14H17ClNO14P3.3H3N/c15-8-2-1-7-3-4-16(13(19)9(7)5-8)14-12(18)11(17)10(28-14)6-27-32(23,24)30-33(25,26)29-31(20,21)22;;;/h1-5,10-12,14,17-18H,6H2,(H,23,24)(H,25,26)(H2,20,21,22);3*1H3/t10-,11-,12-,14-;;;/m1.../s1. The van der Waals surface area contributed by atoms with Gasteiger partial charge in [0.25, 0.3) is 29.0 Å². The van der Waals surface area contributed by atoms with Crippen molar-refractivity contribution >= 4 is 45.8 Å². The summed E-state index contributed by atoms with van der Waals surface area (Å²) in [5.74, 6) is 0. The highest BCUT2D eigenvalue weighted by molar-refractivity contribution is 7.65. The molecule has 3 unspecified atom stereocenters. The van der Waals surface area contributed by atoms with E-state index >= 15 is 0 Å². The van der Waals surface area contributed by atoms with E-state index < -0.39 is 60.2 Å². The van der Waals surface area contributed by atoms with Crippen LogP contribution in [0.5, 0.6) is 0 Å². The second kappa shape index (κ2) is 12.6. The number of hydrogen-bond acceptors (Lipinski definition) is 13. The van der Waals surface area contributed by atoms with Crippen LogP contribution in [0.15, 0.2) is 35.3 Å². The Morgan fingerprint density at radius 3 is 2.19 bits per heavy atom. The lowest BCUT2D eigenvalue weighted by molar-refractivity contribution is -0.250. The fourth-order valence-electron chi connectivity index (χ4n) is 2.98. The van der Waals surface area contributed by atoms with Crippen molar-refractivity contribution in [1.29, 1.82) is 0 Å². The molecule has 18 nitrogen and oxygen atoms in total. The van der Waals surface area contributed by atoms with Gasteiger partial charge in [0.2, 0.25) is 0 Å². The third kappa shape index (κ3) is 8.46. The van der Waals surface area contributed by atoms with E-state index in [0.29, 0.717) is 5.39 Å². The van der Waals surface area contributed by atoms with Crippen LogP contribution in [-0.4, -0.2) is 44.6 Å². The molecule has 0 aliphatic carbocycles. The first-order valence-corrected chi connectivity index (χ1v) is 13.4. The lowest BCUT2D eigenvalue weighted by Gasteiger charge is -2.33. The summed E-state index contributed by atoms with van der Waals surface area (Å²) in [5, 5.41) is 21.4. The summed E-state index contributed by atoms with van der Waals surface area (Å²) >= 11 is 5.89. The summed E-state index contributed by atoms with van der Waals surface area (Å²) in [6, 6.07) is 6.00. The number of fused-ring (bicyclic) bond motifs is 1. The molecule has 1 saturated heterocycles. The smallest absolute Gasteiger partial charge is 0.280 e. The average Bonchev–Trinajstić information content (AvgIpc) is 2.93. The number of quaternary nitrogens is 3. The Bertz CT molecular complexity index is 1260. The highest BCUT2D eigenvalue weighted by atomic mass is 35.5. The molecule has 15 N–H and O–H groups in total. The molecule has 208 valence electrons. The summed E-state index contributed by atoms with van der Waals surface area (Å²) in [6.45, 7) is -1.11. The quantitative estimate of drug-likeness (QED) is 0.214. The van der Waals surface area contributed by atoms with Gasteiger partial charge in [-0.1, -0.05) is 17.7 Å². The molecular formula is C14H26ClN4O14P3. The maximum Gasteiger partial charge on any atom is 0.280 e. The fourth-order valence-corrected chi connectivity index (χ4v) is 6.04. The third-order valence-electron chi connectivity index (χ3n) is 4.31. The van der Waals surface area contributed by atoms with E-state index in [-0.39, 0.29) is 28.9 Å². The minimum atomic E-state index is -6.10. The highest BCUT2D eigenvalue weighted by Gasteiger charge is 2.44. The van der Waals surface area contributed by atoms with Gasteiger partial charge in [-0.3, -0.25) is 23.1 Å². The van der Waals surface area contributed by atoms with Gasteiger partial charge in [0, 0.05) is 16.6 Å². The molecule has 0 radical (unpaired) electrons. The molecule has 22 heteroatoms. The second-order valence-corrected chi connectivity index (χ2v) is 11.4. The molecule has 2 heterocycles. The van der Waals surface area contributed by atoms with Crippen LogP contribution < -0.4 is 38.7 Å². The van der Waals surface area contributed by atoms with Crippen LogP contribution in [0.25, 0.3) is 10.8 Å². The van der Waals surface area contributed by atoms with Crippen LogP contribution in [0.2, 0.25) is 5.02 Å². The molecule has 1 aromatic heterocycles. The van der Waals surface area contributed by atoms with Crippen LogP contribution in [-0.2, 0) is 31.6 Å². The Hall–Kier alpha value is -1.11. The summed E-state index contributed by atoms with van der Waals surface area (Å²) < 4.78 is 50.4. The lowest BCUT2D eigenvalue weighted by Crippen LogP contribution is -2.35. The van der Waals surface area contributed by atoms with Gasteiger partial charge in [0.05, 0.1) is 6.61 Å². The molecule has 7 atom stereocenters. The SMILES string of the molecule is O=c1c2cc(Cl)ccc2ccn1[C@@H]1O[C@H](COP(=O)([O-])OP(=O)([O-])OP(=O)([O-])O)[C@@H](O)[C@H]1O.[NH4+].[NH4+].[NH4+]. The van der Waals surface area contributed by atoms with Crippen molar-refractivity contribution < 1.29 is 61.4 Å². The van der Waals surface area contributed by atoms with Crippen molar-refractivity contribution in [2.24, 2.45) is 0 Å². The molecule has 36 heavy (non-hydrogen) atoms. The normalized spacial score (nSPS) is 26.4. The predicted molar refractivity (Wildman–Crippen MR) is 120 cm³/mol. The zero-order chi connectivity index (χ0) is 24.8. The molecule has 1 fully saturated rings. The monoisotopic (exact) mass is 602 g/mol. The highest BCUT2D eigenvalue weighted by Crippen LogP contribution is 2.61. The molecule has 1 aliphatic heterocycles. The molecule has 3 rings (SSSR count). The van der Waals surface area contributed by atoms with E-state index in [0.717, 1.165) is 4.57 Å². The Labute approximate surface area is 207 Å². The number of phosphoric ester groups is 1. The van der Waals surface area contributed by atoms with Crippen LogP contribution in [0.3, 0.4) is 0 Å². The third-order valence-corrected chi connectivity index (χ3v) is 8.23. The van der Waals surface area contributed by atoms with Crippen LogP contribution >= 0.6 is 35.1 Å². The number of aliphatic hydroxyl groups excluding tert-OH is 2. The lowest BCUT2D eigenvalue weighted by atomic mass is 10.1. The van der Waals surface area contributed by atoms with Crippen molar-refractivity contribution in [3.05, 3.63) is 45.8 Å². The van der Waals surface area contributed by atoms with E-state index in [2.05, 4.69) is 13.1 Å².